The standard InChI is InChI=1S/C15H14FN3S/c1-19-14-5-3-2-4-11(14)13(18-19)9-20-15-7-6-10(16)8-12(15)17/h2-8H,9,17H2,1H3. The molecule has 0 unspecified atom stereocenters. The van der Waals surface area contributed by atoms with Crippen LogP contribution in [0.5, 0.6) is 0 Å². The Morgan fingerprint density at radius 2 is 2.05 bits per heavy atom. The molecule has 0 aliphatic heterocycles. The number of halogens is 1. The van der Waals surface area contributed by atoms with Crippen LogP contribution in [0.2, 0.25) is 0 Å². The molecule has 102 valence electrons. The molecule has 2 aromatic carbocycles. The molecule has 0 fully saturated rings. The maximum atomic E-state index is 13.0. The highest BCUT2D eigenvalue weighted by atomic mass is 32.2. The van der Waals surface area contributed by atoms with Crippen molar-refractivity contribution >= 4 is 28.4 Å². The van der Waals surface area contributed by atoms with Gasteiger partial charge in [-0.3, -0.25) is 4.68 Å². The van der Waals surface area contributed by atoms with E-state index in [2.05, 4.69) is 11.2 Å². The van der Waals surface area contributed by atoms with Gasteiger partial charge in [-0.1, -0.05) is 18.2 Å². The number of hydrogen-bond donors (Lipinski definition) is 1. The summed E-state index contributed by atoms with van der Waals surface area (Å²) in [6.45, 7) is 0. The summed E-state index contributed by atoms with van der Waals surface area (Å²) in [5.41, 5.74) is 8.40. The highest BCUT2D eigenvalue weighted by Gasteiger charge is 2.09. The molecule has 1 heterocycles. The number of thioether (sulfide) groups is 1. The fourth-order valence-corrected chi connectivity index (χ4v) is 3.09. The predicted octanol–water partition coefficient (Wildman–Crippen LogP) is 3.59. The zero-order chi connectivity index (χ0) is 14.1. The van der Waals surface area contributed by atoms with E-state index >= 15 is 0 Å². The molecule has 0 atom stereocenters. The van der Waals surface area contributed by atoms with Crippen LogP contribution in [0.1, 0.15) is 5.69 Å². The average molecular weight is 287 g/mol. The van der Waals surface area contributed by atoms with Gasteiger partial charge < -0.3 is 5.73 Å². The van der Waals surface area contributed by atoms with Crippen LogP contribution in [0, 0.1) is 5.82 Å². The number of rotatable bonds is 3. The van der Waals surface area contributed by atoms with Crippen molar-refractivity contribution in [2.24, 2.45) is 7.05 Å². The highest BCUT2D eigenvalue weighted by Crippen LogP contribution is 2.30. The molecule has 0 saturated carbocycles. The second kappa shape index (κ2) is 5.17. The minimum absolute atomic E-state index is 0.310. The molecule has 0 spiro atoms. The van der Waals surface area contributed by atoms with E-state index in [1.165, 1.54) is 12.1 Å². The van der Waals surface area contributed by atoms with E-state index in [9.17, 15) is 4.39 Å². The number of nitrogen functional groups attached to an aromatic ring is 1. The van der Waals surface area contributed by atoms with Gasteiger partial charge in [0.15, 0.2) is 0 Å². The lowest BCUT2D eigenvalue weighted by Gasteiger charge is -2.04. The third kappa shape index (κ3) is 2.36. The minimum atomic E-state index is -0.310. The van der Waals surface area contributed by atoms with Crippen LogP contribution >= 0.6 is 11.8 Å². The minimum Gasteiger partial charge on any atom is -0.398 e. The van der Waals surface area contributed by atoms with E-state index in [-0.39, 0.29) is 5.82 Å². The normalized spacial score (nSPS) is 11.1. The van der Waals surface area contributed by atoms with Gasteiger partial charge in [-0.2, -0.15) is 5.10 Å². The summed E-state index contributed by atoms with van der Waals surface area (Å²) in [5, 5.41) is 5.67. The van der Waals surface area contributed by atoms with Crippen LogP contribution in [-0.4, -0.2) is 9.78 Å². The molecule has 0 radical (unpaired) electrons. The second-order valence-electron chi connectivity index (χ2n) is 4.56. The quantitative estimate of drug-likeness (QED) is 0.591. The van der Waals surface area contributed by atoms with Crippen molar-refractivity contribution in [1.82, 2.24) is 9.78 Å². The van der Waals surface area contributed by atoms with Crippen molar-refractivity contribution in [2.45, 2.75) is 10.6 Å². The highest BCUT2D eigenvalue weighted by molar-refractivity contribution is 7.98. The van der Waals surface area contributed by atoms with Gasteiger partial charge in [0.2, 0.25) is 0 Å². The first-order valence-electron chi connectivity index (χ1n) is 6.23. The van der Waals surface area contributed by atoms with E-state index in [0.29, 0.717) is 11.4 Å². The Labute approximate surface area is 120 Å². The van der Waals surface area contributed by atoms with Gasteiger partial charge in [0.1, 0.15) is 5.82 Å². The predicted molar refractivity (Wildman–Crippen MR) is 81.1 cm³/mol. The number of nitrogens with zero attached hydrogens (tertiary/aromatic N) is 2. The van der Waals surface area contributed by atoms with E-state index in [1.807, 2.05) is 29.9 Å². The lowest BCUT2D eigenvalue weighted by Crippen LogP contribution is -1.92. The number of fused-ring (bicyclic) bond motifs is 1. The number of hydrogen-bond acceptors (Lipinski definition) is 3. The first-order valence-corrected chi connectivity index (χ1v) is 7.22. The summed E-state index contributed by atoms with van der Waals surface area (Å²) in [5.74, 6) is 0.395. The average Bonchev–Trinajstić information content (AvgIpc) is 2.75. The molecule has 0 aliphatic rings. The first-order chi connectivity index (χ1) is 9.65. The number of anilines is 1. The number of aromatic nitrogens is 2. The summed E-state index contributed by atoms with van der Waals surface area (Å²) in [7, 11) is 1.93. The molecular weight excluding hydrogens is 273 g/mol. The molecule has 20 heavy (non-hydrogen) atoms. The molecular formula is C15H14FN3S. The molecule has 0 aliphatic carbocycles. The van der Waals surface area contributed by atoms with Gasteiger partial charge in [-0.15, -0.1) is 11.8 Å². The summed E-state index contributed by atoms with van der Waals surface area (Å²) < 4.78 is 14.9. The topological polar surface area (TPSA) is 43.8 Å². The van der Waals surface area contributed by atoms with Crippen LogP contribution in [0.15, 0.2) is 47.4 Å². The van der Waals surface area contributed by atoms with Crippen molar-refractivity contribution in [3.05, 3.63) is 54.0 Å². The van der Waals surface area contributed by atoms with Crippen molar-refractivity contribution in [3.8, 4) is 0 Å². The first kappa shape index (κ1) is 13.0. The number of benzene rings is 2. The Kier molecular flexibility index (Phi) is 3.36. The molecule has 5 heteroatoms. The number of para-hydroxylation sites is 1. The van der Waals surface area contributed by atoms with Crippen LogP contribution in [0.25, 0.3) is 10.9 Å². The molecule has 0 bridgehead atoms. The van der Waals surface area contributed by atoms with Gasteiger partial charge in [0.25, 0.3) is 0 Å². The van der Waals surface area contributed by atoms with Gasteiger partial charge in [-0.25, -0.2) is 4.39 Å². The third-order valence-electron chi connectivity index (χ3n) is 3.17. The van der Waals surface area contributed by atoms with Crippen molar-refractivity contribution in [2.75, 3.05) is 5.73 Å². The van der Waals surface area contributed by atoms with E-state index in [1.54, 1.807) is 17.8 Å². The summed E-state index contributed by atoms with van der Waals surface area (Å²) in [6, 6.07) is 12.6. The monoisotopic (exact) mass is 287 g/mol. The van der Waals surface area contributed by atoms with E-state index < -0.39 is 0 Å². The van der Waals surface area contributed by atoms with Crippen LogP contribution in [-0.2, 0) is 12.8 Å². The fourth-order valence-electron chi connectivity index (χ4n) is 2.19. The molecule has 0 saturated heterocycles. The summed E-state index contributed by atoms with van der Waals surface area (Å²) in [6.07, 6.45) is 0. The number of aryl methyl sites for hydroxylation is 1. The smallest absolute Gasteiger partial charge is 0.125 e. The van der Waals surface area contributed by atoms with Gasteiger partial charge in [0, 0.05) is 28.8 Å². The maximum Gasteiger partial charge on any atom is 0.125 e. The molecule has 2 N–H and O–H groups in total. The Morgan fingerprint density at radius 3 is 2.85 bits per heavy atom. The van der Waals surface area contributed by atoms with Crippen molar-refractivity contribution < 1.29 is 4.39 Å². The Hall–Kier alpha value is -2.01. The van der Waals surface area contributed by atoms with Gasteiger partial charge in [-0.05, 0) is 24.3 Å². The Morgan fingerprint density at radius 1 is 1.25 bits per heavy atom. The van der Waals surface area contributed by atoms with Crippen LogP contribution < -0.4 is 5.73 Å². The molecule has 1 aromatic heterocycles. The zero-order valence-corrected chi connectivity index (χ0v) is 11.8. The van der Waals surface area contributed by atoms with E-state index in [4.69, 9.17) is 5.73 Å². The summed E-state index contributed by atoms with van der Waals surface area (Å²) >= 11 is 1.57. The van der Waals surface area contributed by atoms with Crippen LogP contribution in [0.4, 0.5) is 10.1 Å². The molecule has 3 nitrogen and oxygen atoms in total. The third-order valence-corrected chi connectivity index (χ3v) is 4.27. The van der Waals surface area contributed by atoms with Gasteiger partial charge >= 0.3 is 0 Å². The lowest BCUT2D eigenvalue weighted by atomic mass is 10.2. The molecule has 3 rings (SSSR count). The Balaban J connectivity index is 1.87. The molecule has 3 aromatic rings. The maximum absolute atomic E-state index is 13.0. The number of nitrogens with two attached hydrogens (primary N) is 1. The zero-order valence-electron chi connectivity index (χ0n) is 11.0. The summed E-state index contributed by atoms with van der Waals surface area (Å²) in [4.78, 5) is 0.876. The SMILES string of the molecule is Cn1nc(CSc2ccc(F)cc2N)c2ccccc21. The van der Waals surface area contributed by atoms with Crippen LogP contribution in [0.3, 0.4) is 0 Å². The largest absolute Gasteiger partial charge is 0.398 e. The Bertz CT molecular complexity index is 767. The van der Waals surface area contributed by atoms with Crippen molar-refractivity contribution in [3.63, 3.8) is 0 Å². The molecule has 0 amide bonds. The fraction of sp³-hybridized carbons (Fsp3) is 0.133. The van der Waals surface area contributed by atoms with Gasteiger partial charge in [0.05, 0.1) is 11.2 Å². The van der Waals surface area contributed by atoms with E-state index in [0.717, 1.165) is 21.5 Å². The lowest BCUT2D eigenvalue weighted by molar-refractivity contribution is 0.627. The van der Waals surface area contributed by atoms with Crippen molar-refractivity contribution in [1.29, 1.82) is 0 Å². The second-order valence-corrected chi connectivity index (χ2v) is 5.58.